The van der Waals surface area contributed by atoms with Gasteiger partial charge in [0, 0.05) is 21.6 Å². The van der Waals surface area contributed by atoms with Crippen LogP contribution in [0.3, 0.4) is 0 Å². The highest BCUT2D eigenvalue weighted by molar-refractivity contribution is 9.10. The van der Waals surface area contributed by atoms with E-state index in [4.69, 9.17) is 5.26 Å². The van der Waals surface area contributed by atoms with E-state index in [0.29, 0.717) is 11.3 Å². The largest absolute Gasteiger partial charge is 0.330 e. The summed E-state index contributed by atoms with van der Waals surface area (Å²) < 4.78 is 0.894. The second-order valence-electron chi connectivity index (χ2n) is 6.83. The predicted molar refractivity (Wildman–Crippen MR) is 109 cm³/mol. The quantitative estimate of drug-likeness (QED) is 0.299. The SMILES string of the molecule is CC(C)(C)C(/N=C(\NC#N)Nc1cccnc1)NC(=O)c1ccc(Br)cc1. The molecule has 7 nitrogen and oxygen atoms in total. The maximum absolute atomic E-state index is 12.6. The van der Waals surface area contributed by atoms with Gasteiger partial charge in [0.25, 0.3) is 5.91 Å². The predicted octanol–water partition coefficient (Wildman–Crippen LogP) is 3.48. The van der Waals surface area contributed by atoms with Crippen LogP contribution in [0.15, 0.2) is 58.3 Å². The van der Waals surface area contributed by atoms with Crippen molar-refractivity contribution >= 4 is 33.5 Å². The third-order valence-corrected chi connectivity index (χ3v) is 4.08. The number of aromatic nitrogens is 1. The Morgan fingerprint density at radius 2 is 1.96 bits per heavy atom. The van der Waals surface area contributed by atoms with E-state index in [1.807, 2.05) is 27.0 Å². The number of nitrogens with one attached hydrogen (secondary N) is 3. The van der Waals surface area contributed by atoms with Crippen LogP contribution in [-0.4, -0.2) is 23.0 Å². The van der Waals surface area contributed by atoms with E-state index in [9.17, 15) is 4.79 Å². The van der Waals surface area contributed by atoms with Crippen LogP contribution in [0.25, 0.3) is 0 Å². The molecule has 27 heavy (non-hydrogen) atoms. The Labute approximate surface area is 167 Å². The van der Waals surface area contributed by atoms with Crippen molar-refractivity contribution < 1.29 is 4.79 Å². The number of pyridine rings is 1. The van der Waals surface area contributed by atoms with Gasteiger partial charge in [0.05, 0.1) is 11.9 Å². The maximum Gasteiger partial charge on any atom is 0.252 e. The highest BCUT2D eigenvalue weighted by Crippen LogP contribution is 2.21. The molecule has 8 heteroatoms. The van der Waals surface area contributed by atoms with E-state index in [2.05, 4.69) is 41.9 Å². The molecular formula is C19H21BrN6O. The number of nitriles is 1. The zero-order chi connectivity index (χ0) is 19.9. The standard InChI is InChI=1S/C19H21BrN6O/c1-19(2,3)17(25-16(27)13-6-8-14(20)9-7-13)26-18(23-12-21)24-15-5-4-10-22-11-15/h4-11,17H,1-3H3,(H,25,27)(H2,23,24,26). The lowest BCUT2D eigenvalue weighted by atomic mass is 9.92. The molecule has 1 atom stereocenters. The van der Waals surface area contributed by atoms with Gasteiger partial charge in [-0.3, -0.25) is 15.1 Å². The van der Waals surface area contributed by atoms with E-state index in [0.717, 1.165) is 4.47 Å². The minimum Gasteiger partial charge on any atom is -0.330 e. The Balaban J connectivity index is 2.25. The average Bonchev–Trinajstić information content (AvgIpc) is 2.62. The zero-order valence-corrected chi connectivity index (χ0v) is 16.9. The number of hydrogen-bond donors (Lipinski definition) is 3. The molecule has 0 saturated heterocycles. The summed E-state index contributed by atoms with van der Waals surface area (Å²) in [4.78, 5) is 21.1. The first-order chi connectivity index (χ1) is 12.8. The van der Waals surface area contributed by atoms with Gasteiger partial charge in [0.1, 0.15) is 6.17 Å². The van der Waals surface area contributed by atoms with E-state index >= 15 is 0 Å². The summed E-state index contributed by atoms with van der Waals surface area (Å²) in [7, 11) is 0. The lowest BCUT2D eigenvalue weighted by Crippen LogP contribution is -2.44. The maximum atomic E-state index is 12.6. The van der Waals surface area contributed by atoms with Crippen LogP contribution >= 0.6 is 15.9 Å². The lowest BCUT2D eigenvalue weighted by molar-refractivity contribution is 0.0906. The normalized spacial score (nSPS) is 12.6. The fraction of sp³-hybridized carbons (Fsp3) is 0.263. The molecular weight excluding hydrogens is 408 g/mol. The molecule has 2 aromatic rings. The number of aliphatic imine (C=N–C) groups is 1. The highest BCUT2D eigenvalue weighted by Gasteiger charge is 2.27. The first-order valence-electron chi connectivity index (χ1n) is 8.26. The van der Waals surface area contributed by atoms with Crippen LogP contribution in [-0.2, 0) is 0 Å². The Morgan fingerprint density at radius 3 is 2.52 bits per heavy atom. The Kier molecular flexibility index (Phi) is 6.91. The molecule has 140 valence electrons. The molecule has 2 rings (SSSR count). The van der Waals surface area contributed by atoms with E-state index in [1.54, 1.807) is 48.8 Å². The fourth-order valence-electron chi connectivity index (χ4n) is 2.10. The number of guanidine groups is 1. The Morgan fingerprint density at radius 1 is 1.26 bits per heavy atom. The smallest absolute Gasteiger partial charge is 0.252 e. The fourth-order valence-corrected chi connectivity index (χ4v) is 2.37. The summed E-state index contributed by atoms with van der Waals surface area (Å²) in [5.74, 6) is -0.0228. The van der Waals surface area contributed by atoms with Gasteiger partial charge in [-0.05, 0) is 36.4 Å². The van der Waals surface area contributed by atoms with Gasteiger partial charge in [-0.25, -0.2) is 4.99 Å². The van der Waals surface area contributed by atoms with Gasteiger partial charge in [-0.1, -0.05) is 36.7 Å². The minimum absolute atomic E-state index is 0.224. The Hall–Kier alpha value is -2.92. The molecule has 1 amide bonds. The molecule has 0 spiro atoms. The highest BCUT2D eigenvalue weighted by atomic mass is 79.9. The number of amides is 1. The number of halogens is 1. The molecule has 0 aliphatic heterocycles. The summed E-state index contributed by atoms with van der Waals surface area (Å²) in [5.41, 5.74) is 0.813. The molecule has 0 radical (unpaired) electrons. The van der Waals surface area contributed by atoms with Crippen molar-refractivity contribution in [2.75, 3.05) is 5.32 Å². The number of rotatable bonds is 4. The molecule has 1 unspecified atom stereocenters. The van der Waals surface area contributed by atoms with Crippen molar-refractivity contribution in [3.05, 3.63) is 58.8 Å². The van der Waals surface area contributed by atoms with Crippen molar-refractivity contribution in [1.29, 1.82) is 5.26 Å². The monoisotopic (exact) mass is 428 g/mol. The van der Waals surface area contributed by atoms with Gasteiger partial charge >= 0.3 is 0 Å². The van der Waals surface area contributed by atoms with Crippen molar-refractivity contribution in [2.24, 2.45) is 10.4 Å². The first-order valence-corrected chi connectivity index (χ1v) is 9.05. The zero-order valence-electron chi connectivity index (χ0n) is 15.3. The van der Waals surface area contributed by atoms with Gasteiger partial charge in [0.15, 0.2) is 6.19 Å². The molecule has 0 saturated carbocycles. The third kappa shape index (κ3) is 6.38. The van der Waals surface area contributed by atoms with Crippen LogP contribution in [0.5, 0.6) is 0 Å². The molecule has 3 N–H and O–H groups in total. The van der Waals surface area contributed by atoms with Gasteiger partial charge in [0.2, 0.25) is 5.96 Å². The lowest BCUT2D eigenvalue weighted by Gasteiger charge is -2.29. The second kappa shape index (κ2) is 9.14. The van der Waals surface area contributed by atoms with Crippen molar-refractivity contribution in [3.63, 3.8) is 0 Å². The van der Waals surface area contributed by atoms with E-state index in [1.165, 1.54) is 0 Å². The molecule has 0 aliphatic carbocycles. The number of anilines is 1. The van der Waals surface area contributed by atoms with Gasteiger partial charge in [-0.15, -0.1) is 0 Å². The minimum atomic E-state index is -0.575. The summed E-state index contributed by atoms with van der Waals surface area (Å²) in [6.07, 6.45) is 4.54. The second-order valence-corrected chi connectivity index (χ2v) is 7.75. The third-order valence-electron chi connectivity index (χ3n) is 3.55. The topological polar surface area (TPSA) is 102 Å². The summed E-state index contributed by atoms with van der Waals surface area (Å²) >= 11 is 3.35. The van der Waals surface area contributed by atoms with E-state index < -0.39 is 6.17 Å². The van der Waals surface area contributed by atoms with Crippen molar-refractivity contribution in [1.82, 2.24) is 15.6 Å². The number of benzene rings is 1. The van der Waals surface area contributed by atoms with Crippen LogP contribution in [0.1, 0.15) is 31.1 Å². The van der Waals surface area contributed by atoms with Crippen LogP contribution < -0.4 is 16.0 Å². The van der Waals surface area contributed by atoms with Gasteiger partial charge in [-0.2, -0.15) is 5.26 Å². The number of carbonyl (C=O) groups excluding carboxylic acids is 1. The summed E-state index contributed by atoms with van der Waals surface area (Å²) in [5, 5.41) is 17.5. The summed E-state index contributed by atoms with van der Waals surface area (Å²) in [6.45, 7) is 5.87. The molecule has 0 bridgehead atoms. The molecule has 1 aromatic carbocycles. The average molecular weight is 429 g/mol. The Bertz CT molecular complexity index is 837. The van der Waals surface area contributed by atoms with Crippen LogP contribution in [0, 0.1) is 16.9 Å². The van der Waals surface area contributed by atoms with E-state index in [-0.39, 0.29) is 17.3 Å². The van der Waals surface area contributed by atoms with Crippen molar-refractivity contribution in [2.45, 2.75) is 26.9 Å². The molecule has 0 aliphatic rings. The molecule has 1 aromatic heterocycles. The molecule has 1 heterocycles. The molecule has 0 fully saturated rings. The number of carbonyl (C=O) groups is 1. The van der Waals surface area contributed by atoms with Crippen LogP contribution in [0.4, 0.5) is 5.69 Å². The number of nitrogens with zero attached hydrogens (tertiary/aromatic N) is 3. The summed E-state index contributed by atoms with van der Waals surface area (Å²) in [6, 6.07) is 10.6. The van der Waals surface area contributed by atoms with Crippen LogP contribution in [0.2, 0.25) is 0 Å². The van der Waals surface area contributed by atoms with Gasteiger partial charge < -0.3 is 10.6 Å². The number of hydrogen-bond acceptors (Lipinski definition) is 4. The van der Waals surface area contributed by atoms with Crippen molar-refractivity contribution in [3.8, 4) is 6.19 Å². The first kappa shape index (κ1) is 20.4.